The topological polar surface area (TPSA) is 9.23 Å². The number of aryl methyl sites for hydroxylation is 1. The average Bonchev–Trinajstić information content (AvgIpc) is 2.29. The van der Waals surface area contributed by atoms with Gasteiger partial charge in [0.25, 0.3) is 0 Å². The van der Waals surface area contributed by atoms with E-state index in [2.05, 4.69) is 72.0 Å². The van der Waals surface area contributed by atoms with Crippen molar-refractivity contribution in [2.75, 3.05) is 0 Å². The molecular weight excluding hydrogens is 264 g/mol. The zero-order valence-electron chi connectivity index (χ0n) is 13.7. The highest BCUT2D eigenvalue weighted by Gasteiger charge is 2.42. The molecule has 0 aliphatic carbocycles. The van der Waals surface area contributed by atoms with Crippen LogP contribution in [0.3, 0.4) is 0 Å². The van der Waals surface area contributed by atoms with E-state index in [0.717, 1.165) is 6.04 Å². The van der Waals surface area contributed by atoms with Crippen LogP contribution in [-0.2, 0) is 10.2 Å². The van der Waals surface area contributed by atoms with Gasteiger partial charge in [-0.05, 0) is 42.7 Å². The Balaban J connectivity index is 3.05. The molecule has 0 heterocycles. The second-order valence-electron chi connectivity index (χ2n) is 6.59. The summed E-state index contributed by atoms with van der Waals surface area (Å²) in [6.07, 6.45) is 0. The Morgan fingerprint density at radius 3 is 1.84 bits per heavy atom. The van der Waals surface area contributed by atoms with Crippen molar-refractivity contribution < 1.29 is 4.12 Å². The van der Waals surface area contributed by atoms with Gasteiger partial charge in [0.05, 0.1) is 0 Å². The molecule has 0 aliphatic rings. The van der Waals surface area contributed by atoms with Crippen molar-refractivity contribution in [3.05, 3.63) is 35.4 Å². The average molecular weight is 295 g/mol. The molecule has 0 amide bonds. The van der Waals surface area contributed by atoms with Gasteiger partial charge in [-0.25, -0.2) is 0 Å². The summed E-state index contributed by atoms with van der Waals surface area (Å²) in [5.41, 5.74) is 4.13. The SMILES string of the molecule is Cc1ccc(C[Si](O[SiH](C)C)(C(C)C)C(C)C)cc1. The number of rotatable bonds is 6. The molecule has 0 saturated carbocycles. The minimum atomic E-state index is -1.71. The minimum absolute atomic E-state index is 0.670. The van der Waals surface area contributed by atoms with Gasteiger partial charge in [0.15, 0.2) is 17.4 Å². The zero-order valence-corrected chi connectivity index (χ0v) is 15.8. The minimum Gasteiger partial charge on any atom is -0.457 e. The van der Waals surface area contributed by atoms with Crippen molar-refractivity contribution in [3.8, 4) is 0 Å². The van der Waals surface area contributed by atoms with Crippen molar-refractivity contribution in [1.29, 1.82) is 0 Å². The van der Waals surface area contributed by atoms with Crippen LogP contribution < -0.4 is 0 Å². The van der Waals surface area contributed by atoms with E-state index < -0.39 is 17.4 Å². The summed E-state index contributed by atoms with van der Waals surface area (Å²) in [5, 5.41) is 0. The van der Waals surface area contributed by atoms with Crippen LogP contribution >= 0.6 is 0 Å². The van der Waals surface area contributed by atoms with Crippen molar-refractivity contribution in [2.45, 2.75) is 64.8 Å². The maximum absolute atomic E-state index is 6.67. The Kier molecular flexibility index (Phi) is 6.02. The van der Waals surface area contributed by atoms with Crippen molar-refractivity contribution in [1.82, 2.24) is 0 Å². The molecule has 19 heavy (non-hydrogen) atoms. The summed E-state index contributed by atoms with van der Waals surface area (Å²) in [6, 6.07) is 10.2. The molecule has 0 saturated heterocycles. The molecule has 0 aromatic heterocycles. The van der Waals surface area contributed by atoms with Crippen molar-refractivity contribution in [2.24, 2.45) is 0 Å². The molecule has 1 nitrogen and oxygen atoms in total. The molecule has 1 aromatic rings. The summed E-state index contributed by atoms with van der Waals surface area (Å²) in [5.74, 6) is 0. The molecule has 0 unspecified atom stereocenters. The molecule has 0 atom stereocenters. The van der Waals surface area contributed by atoms with Gasteiger partial charge < -0.3 is 4.12 Å². The van der Waals surface area contributed by atoms with Gasteiger partial charge in [0, 0.05) is 0 Å². The van der Waals surface area contributed by atoms with Gasteiger partial charge in [-0.3, -0.25) is 0 Å². The zero-order chi connectivity index (χ0) is 14.6. The Morgan fingerprint density at radius 1 is 1.00 bits per heavy atom. The highest BCUT2D eigenvalue weighted by atomic mass is 28.4. The Labute approximate surface area is 122 Å². The maximum Gasteiger partial charge on any atom is 0.189 e. The largest absolute Gasteiger partial charge is 0.457 e. The van der Waals surface area contributed by atoms with Crippen molar-refractivity contribution >= 4 is 17.4 Å². The van der Waals surface area contributed by atoms with E-state index in [0.29, 0.717) is 11.1 Å². The second kappa shape index (κ2) is 6.86. The Hall–Kier alpha value is -0.386. The summed E-state index contributed by atoms with van der Waals surface area (Å²) in [4.78, 5) is 0. The van der Waals surface area contributed by atoms with Crippen LogP contribution in [0.5, 0.6) is 0 Å². The van der Waals surface area contributed by atoms with Crippen LogP contribution in [0, 0.1) is 6.92 Å². The molecule has 0 aliphatic heterocycles. The predicted molar refractivity (Wildman–Crippen MR) is 90.8 cm³/mol. The fourth-order valence-corrected chi connectivity index (χ4v) is 11.9. The first kappa shape index (κ1) is 16.7. The molecule has 1 aromatic carbocycles. The Bertz CT molecular complexity index is 374. The molecule has 0 radical (unpaired) electrons. The Morgan fingerprint density at radius 2 is 1.47 bits per heavy atom. The molecular formula is C16H30OSi2. The van der Waals surface area contributed by atoms with E-state index in [9.17, 15) is 0 Å². The molecule has 0 N–H and O–H groups in total. The monoisotopic (exact) mass is 294 g/mol. The van der Waals surface area contributed by atoms with Crippen LogP contribution in [-0.4, -0.2) is 17.4 Å². The maximum atomic E-state index is 6.67. The number of hydrogen-bond acceptors (Lipinski definition) is 1. The summed E-state index contributed by atoms with van der Waals surface area (Å²) in [6.45, 7) is 16.2. The fourth-order valence-electron chi connectivity index (χ4n) is 2.85. The van der Waals surface area contributed by atoms with E-state index in [-0.39, 0.29) is 0 Å². The van der Waals surface area contributed by atoms with Crippen LogP contribution in [0.4, 0.5) is 0 Å². The summed E-state index contributed by atoms with van der Waals surface area (Å²) in [7, 11) is -2.71. The first-order chi connectivity index (χ1) is 8.78. The first-order valence-corrected chi connectivity index (χ1v) is 12.6. The highest BCUT2D eigenvalue weighted by molar-refractivity contribution is 6.81. The summed E-state index contributed by atoms with van der Waals surface area (Å²) >= 11 is 0. The van der Waals surface area contributed by atoms with Crippen LogP contribution in [0.1, 0.15) is 38.8 Å². The van der Waals surface area contributed by atoms with Gasteiger partial charge in [-0.15, -0.1) is 0 Å². The third kappa shape index (κ3) is 4.30. The molecule has 0 spiro atoms. The van der Waals surface area contributed by atoms with Gasteiger partial charge >= 0.3 is 0 Å². The van der Waals surface area contributed by atoms with Gasteiger partial charge in [0.2, 0.25) is 0 Å². The number of hydrogen-bond donors (Lipinski definition) is 0. The van der Waals surface area contributed by atoms with Crippen LogP contribution in [0.25, 0.3) is 0 Å². The predicted octanol–water partition coefficient (Wildman–Crippen LogP) is 4.84. The lowest BCUT2D eigenvalue weighted by Gasteiger charge is -2.41. The summed E-state index contributed by atoms with van der Waals surface area (Å²) < 4.78 is 6.67. The number of benzene rings is 1. The van der Waals surface area contributed by atoms with E-state index in [4.69, 9.17) is 4.12 Å². The van der Waals surface area contributed by atoms with Crippen molar-refractivity contribution in [3.63, 3.8) is 0 Å². The second-order valence-corrected chi connectivity index (χ2v) is 14.2. The smallest absolute Gasteiger partial charge is 0.189 e. The van der Waals surface area contributed by atoms with E-state index >= 15 is 0 Å². The lowest BCUT2D eigenvalue weighted by atomic mass is 10.2. The normalized spacial score (nSPS) is 12.7. The molecule has 0 fully saturated rings. The first-order valence-electron chi connectivity index (χ1n) is 7.51. The van der Waals surface area contributed by atoms with Crippen LogP contribution in [0.2, 0.25) is 24.2 Å². The molecule has 0 bridgehead atoms. The molecule has 3 heteroatoms. The van der Waals surface area contributed by atoms with Gasteiger partial charge in [0.1, 0.15) is 0 Å². The quantitative estimate of drug-likeness (QED) is 0.682. The molecule has 1 rings (SSSR count). The lowest BCUT2D eigenvalue weighted by Crippen LogP contribution is -2.50. The third-order valence-electron chi connectivity index (χ3n) is 4.01. The third-order valence-corrected chi connectivity index (χ3v) is 12.5. The van der Waals surface area contributed by atoms with Gasteiger partial charge in [-0.2, -0.15) is 0 Å². The van der Waals surface area contributed by atoms with Crippen LogP contribution in [0.15, 0.2) is 24.3 Å². The van der Waals surface area contributed by atoms with E-state index in [1.54, 1.807) is 0 Å². The highest BCUT2D eigenvalue weighted by Crippen LogP contribution is 2.36. The van der Waals surface area contributed by atoms with E-state index in [1.165, 1.54) is 11.1 Å². The van der Waals surface area contributed by atoms with E-state index in [1.807, 2.05) is 0 Å². The standard InChI is InChI=1S/C16H30OSi2/c1-13(2)19(14(3)4,17-18(6)7)12-16-10-8-15(5)9-11-16/h8-11,13-14,18H,12H2,1-7H3. The lowest BCUT2D eigenvalue weighted by molar-refractivity contribution is 0.511. The van der Waals surface area contributed by atoms with Gasteiger partial charge in [-0.1, -0.05) is 57.5 Å². The fraction of sp³-hybridized carbons (Fsp3) is 0.625. The molecule has 108 valence electrons.